The fraction of sp³-hybridized carbons (Fsp3) is 0.278. The van der Waals surface area contributed by atoms with Crippen LogP contribution in [0.3, 0.4) is 0 Å². The second-order valence-electron chi connectivity index (χ2n) is 5.92. The smallest absolute Gasteiger partial charge is 0.255 e. The number of ether oxygens (including phenoxy) is 1. The number of amides is 1. The van der Waals surface area contributed by atoms with Gasteiger partial charge in [0.2, 0.25) is 10.0 Å². The van der Waals surface area contributed by atoms with Crippen molar-refractivity contribution >= 4 is 38.9 Å². The number of methoxy groups -OCH3 is 1. The van der Waals surface area contributed by atoms with Gasteiger partial charge in [0.05, 0.1) is 22.9 Å². The summed E-state index contributed by atoms with van der Waals surface area (Å²) in [7, 11) is 1.56. The Balaban J connectivity index is 2.16. The van der Waals surface area contributed by atoms with E-state index < -0.39 is 10.0 Å². The summed E-state index contributed by atoms with van der Waals surface area (Å²) in [6, 6.07) is 10.9. The lowest BCUT2D eigenvalue weighted by Gasteiger charge is -2.18. The molecule has 0 saturated carbocycles. The monoisotopic (exact) mass is 411 g/mol. The normalized spacial score (nSPS) is 11.3. The lowest BCUT2D eigenvalue weighted by Crippen LogP contribution is -2.27. The lowest BCUT2D eigenvalue weighted by atomic mass is 10.2. The average Bonchev–Trinajstić information content (AvgIpc) is 2.61. The fourth-order valence-corrected chi connectivity index (χ4v) is 3.52. The number of carbonyl (C=O) groups is 1. The van der Waals surface area contributed by atoms with E-state index in [-0.39, 0.29) is 24.0 Å². The Morgan fingerprint density at radius 3 is 2.41 bits per heavy atom. The van der Waals surface area contributed by atoms with E-state index in [4.69, 9.17) is 16.3 Å². The molecule has 1 amide bonds. The number of carbonyl (C=O) groups excluding carboxylic acids is 1. The van der Waals surface area contributed by atoms with Crippen molar-refractivity contribution in [3.05, 3.63) is 53.1 Å². The largest absolute Gasteiger partial charge is 0.383 e. The van der Waals surface area contributed by atoms with Crippen LogP contribution in [0, 0.1) is 0 Å². The van der Waals surface area contributed by atoms with Gasteiger partial charge in [0, 0.05) is 38.3 Å². The third-order valence-electron chi connectivity index (χ3n) is 3.71. The Bertz CT molecular complexity index is 899. The fourth-order valence-electron chi connectivity index (χ4n) is 2.34. The standard InChI is InChI=1S/C18H22ClN3O4S/c1-22(2)17-9-6-14(19)12-16(17)21-18(23)13-4-7-15(8-5-13)27(24,25)20-10-11-26-3/h4-9,12,20H,10-11H2,1-3H3,(H,21,23). The molecule has 2 aromatic rings. The van der Waals surface area contributed by atoms with Crippen LogP contribution >= 0.6 is 11.6 Å². The molecule has 0 aromatic heterocycles. The van der Waals surface area contributed by atoms with Crippen molar-refractivity contribution in [3.8, 4) is 0 Å². The highest BCUT2D eigenvalue weighted by atomic mass is 35.5. The summed E-state index contributed by atoms with van der Waals surface area (Å²) in [6.07, 6.45) is 0. The molecule has 2 aromatic carbocycles. The zero-order chi connectivity index (χ0) is 20.0. The lowest BCUT2D eigenvalue weighted by molar-refractivity contribution is 0.102. The highest BCUT2D eigenvalue weighted by molar-refractivity contribution is 7.89. The van der Waals surface area contributed by atoms with E-state index in [0.29, 0.717) is 16.3 Å². The number of hydrogen-bond acceptors (Lipinski definition) is 5. The van der Waals surface area contributed by atoms with Gasteiger partial charge < -0.3 is 15.0 Å². The summed E-state index contributed by atoms with van der Waals surface area (Å²) in [5.41, 5.74) is 1.69. The number of hydrogen-bond donors (Lipinski definition) is 2. The van der Waals surface area contributed by atoms with Crippen molar-refractivity contribution in [2.24, 2.45) is 0 Å². The maximum absolute atomic E-state index is 12.5. The van der Waals surface area contributed by atoms with Crippen molar-refractivity contribution in [2.75, 3.05) is 44.6 Å². The third kappa shape index (κ3) is 5.67. The molecule has 0 heterocycles. The molecule has 0 unspecified atom stereocenters. The van der Waals surface area contributed by atoms with Crippen LogP contribution in [-0.4, -0.2) is 48.7 Å². The summed E-state index contributed by atoms with van der Waals surface area (Å²) < 4.78 is 31.5. The molecule has 0 bridgehead atoms. The molecule has 9 heteroatoms. The Kier molecular flexibility index (Phi) is 7.20. The molecule has 0 radical (unpaired) electrons. The van der Waals surface area contributed by atoms with Crippen LogP contribution < -0.4 is 14.9 Å². The maximum Gasteiger partial charge on any atom is 0.255 e. The highest BCUT2D eigenvalue weighted by Crippen LogP contribution is 2.28. The van der Waals surface area contributed by atoms with Crippen molar-refractivity contribution in [1.29, 1.82) is 0 Å². The molecule has 7 nitrogen and oxygen atoms in total. The molecular formula is C18H22ClN3O4S. The molecule has 0 aliphatic rings. The molecule has 2 rings (SSSR count). The Morgan fingerprint density at radius 2 is 1.81 bits per heavy atom. The summed E-state index contributed by atoms with van der Waals surface area (Å²) >= 11 is 6.02. The third-order valence-corrected chi connectivity index (χ3v) is 5.43. The Labute approximate surface area is 164 Å². The first-order valence-corrected chi connectivity index (χ1v) is 9.97. The van der Waals surface area contributed by atoms with Gasteiger partial charge >= 0.3 is 0 Å². The molecule has 0 aliphatic heterocycles. The van der Waals surface area contributed by atoms with Crippen molar-refractivity contribution < 1.29 is 17.9 Å². The Morgan fingerprint density at radius 1 is 1.15 bits per heavy atom. The van der Waals surface area contributed by atoms with E-state index in [1.807, 2.05) is 19.0 Å². The van der Waals surface area contributed by atoms with Gasteiger partial charge in [-0.2, -0.15) is 0 Å². The van der Waals surface area contributed by atoms with E-state index in [1.54, 1.807) is 18.2 Å². The van der Waals surface area contributed by atoms with Gasteiger partial charge in [0.1, 0.15) is 0 Å². The number of halogens is 1. The van der Waals surface area contributed by atoms with Gasteiger partial charge in [-0.15, -0.1) is 0 Å². The van der Waals surface area contributed by atoms with Gasteiger partial charge in [-0.25, -0.2) is 13.1 Å². The number of anilines is 2. The van der Waals surface area contributed by atoms with E-state index in [9.17, 15) is 13.2 Å². The molecule has 2 N–H and O–H groups in total. The Hall–Kier alpha value is -2.13. The van der Waals surface area contributed by atoms with Gasteiger partial charge in [0.15, 0.2) is 0 Å². The van der Waals surface area contributed by atoms with Crippen LogP contribution in [0.4, 0.5) is 11.4 Å². The summed E-state index contributed by atoms with van der Waals surface area (Å²) in [6.45, 7) is 0.441. The zero-order valence-corrected chi connectivity index (χ0v) is 16.9. The molecule has 27 heavy (non-hydrogen) atoms. The minimum atomic E-state index is -3.64. The van der Waals surface area contributed by atoms with Gasteiger partial charge in [-0.05, 0) is 42.5 Å². The number of sulfonamides is 1. The van der Waals surface area contributed by atoms with Gasteiger partial charge in [-0.1, -0.05) is 11.6 Å². The first kappa shape index (κ1) is 21.2. The van der Waals surface area contributed by atoms with Crippen LogP contribution in [0.1, 0.15) is 10.4 Å². The first-order valence-electron chi connectivity index (χ1n) is 8.11. The topological polar surface area (TPSA) is 87.7 Å². The van der Waals surface area contributed by atoms with Crippen molar-refractivity contribution in [3.63, 3.8) is 0 Å². The summed E-state index contributed by atoms with van der Waals surface area (Å²) in [4.78, 5) is 14.4. The van der Waals surface area contributed by atoms with Gasteiger partial charge in [0.25, 0.3) is 5.91 Å². The van der Waals surface area contributed by atoms with E-state index in [0.717, 1.165) is 5.69 Å². The minimum absolute atomic E-state index is 0.0758. The predicted octanol–water partition coefficient (Wildman–Crippen LogP) is 2.58. The number of nitrogens with one attached hydrogen (secondary N) is 2. The average molecular weight is 412 g/mol. The second-order valence-corrected chi connectivity index (χ2v) is 8.13. The summed E-state index contributed by atoms with van der Waals surface area (Å²) in [5, 5.41) is 3.30. The SMILES string of the molecule is COCCNS(=O)(=O)c1ccc(C(=O)Nc2cc(Cl)ccc2N(C)C)cc1. The number of rotatable bonds is 8. The quantitative estimate of drug-likeness (QED) is 0.652. The van der Waals surface area contributed by atoms with Crippen LogP contribution in [0.25, 0.3) is 0 Å². The molecule has 0 aliphatic carbocycles. The number of nitrogens with zero attached hydrogens (tertiary/aromatic N) is 1. The predicted molar refractivity (Wildman–Crippen MR) is 107 cm³/mol. The molecule has 0 fully saturated rings. The summed E-state index contributed by atoms with van der Waals surface area (Å²) in [5.74, 6) is -0.364. The molecular weight excluding hydrogens is 390 g/mol. The van der Waals surface area contributed by atoms with E-state index in [1.165, 1.54) is 31.4 Å². The second kappa shape index (κ2) is 9.18. The zero-order valence-electron chi connectivity index (χ0n) is 15.3. The molecule has 0 atom stereocenters. The van der Waals surface area contributed by atoms with Crippen LogP contribution in [-0.2, 0) is 14.8 Å². The molecule has 0 spiro atoms. The molecule has 146 valence electrons. The van der Waals surface area contributed by atoms with E-state index >= 15 is 0 Å². The van der Waals surface area contributed by atoms with Crippen molar-refractivity contribution in [1.82, 2.24) is 4.72 Å². The van der Waals surface area contributed by atoms with Crippen LogP contribution in [0.15, 0.2) is 47.4 Å². The van der Waals surface area contributed by atoms with Gasteiger partial charge in [-0.3, -0.25) is 4.79 Å². The van der Waals surface area contributed by atoms with Crippen molar-refractivity contribution in [2.45, 2.75) is 4.90 Å². The molecule has 0 saturated heterocycles. The number of benzene rings is 2. The minimum Gasteiger partial charge on any atom is -0.383 e. The van der Waals surface area contributed by atoms with E-state index in [2.05, 4.69) is 10.0 Å². The van der Waals surface area contributed by atoms with Crippen LogP contribution in [0.2, 0.25) is 5.02 Å². The highest BCUT2D eigenvalue weighted by Gasteiger charge is 2.15. The maximum atomic E-state index is 12.5. The first-order chi connectivity index (χ1) is 12.7. The van der Waals surface area contributed by atoms with Crippen LogP contribution in [0.5, 0.6) is 0 Å².